The minimum absolute atomic E-state index is 0.0983. The number of anilines is 1. The number of benzene rings is 1. The standard InChI is InChI=1S/C13H10ClN3OS/c14-13-17-7-11(19-13)6-15-10-2-1-8-5-16-12(18)4-9(8)3-10/h1-5,7,15H,6H2,(H,16,18). The van der Waals surface area contributed by atoms with Crippen LogP contribution in [0, 0.1) is 0 Å². The Labute approximate surface area is 118 Å². The normalized spacial score (nSPS) is 10.8. The van der Waals surface area contributed by atoms with Crippen molar-refractivity contribution >= 4 is 39.4 Å². The van der Waals surface area contributed by atoms with Gasteiger partial charge < -0.3 is 10.3 Å². The predicted molar refractivity (Wildman–Crippen MR) is 79.0 cm³/mol. The lowest BCUT2D eigenvalue weighted by atomic mass is 10.1. The summed E-state index contributed by atoms with van der Waals surface area (Å²) in [5.74, 6) is 0. The number of thiazole rings is 1. The van der Waals surface area contributed by atoms with Crippen molar-refractivity contribution in [1.82, 2.24) is 9.97 Å². The molecular weight excluding hydrogens is 282 g/mol. The highest BCUT2D eigenvalue weighted by atomic mass is 35.5. The molecule has 2 N–H and O–H groups in total. The third-order valence-electron chi connectivity index (χ3n) is 2.74. The molecule has 0 radical (unpaired) electrons. The van der Waals surface area contributed by atoms with E-state index in [1.54, 1.807) is 18.5 Å². The molecule has 0 aliphatic heterocycles. The average Bonchev–Trinajstić information content (AvgIpc) is 2.81. The summed E-state index contributed by atoms with van der Waals surface area (Å²) in [7, 11) is 0. The zero-order valence-electron chi connectivity index (χ0n) is 9.81. The number of hydrogen-bond donors (Lipinski definition) is 2. The van der Waals surface area contributed by atoms with Gasteiger partial charge in [-0.05, 0) is 22.9 Å². The summed E-state index contributed by atoms with van der Waals surface area (Å²) in [5.41, 5.74) is 0.863. The number of aromatic amines is 1. The van der Waals surface area contributed by atoms with E-state index in [1.807, 2.05) is 18.2 Å². The fourth-order valence-corrected chi connectivity index (χ4v) is 2.75. The highest BCUT2D eigenvalue weighted by molar-refractivity contribution is 7.15. The summed E-state index contributed by atoms with van der Waals surface area (Å²) in [6.45, 7) is 0.666. The summed E-state index contributed by atoms with van der Waals surface area (Å²) >= 11 is 7.23. The van der Waals surface area contributed by atoms with Crippen LogP contribution < -0.4 is 10.9 Å². The number of rotatable bonds is 3. The maximum Gasteiger partial charge on any atom is 0.248 e. The van der Waals surface area contributed by atoms with Gasteiger partial charge in [-0.15, -0.1) is 11.3 Å². The van der Waals surface area contributed by atoms with Crippen molar-refractivity contribution in [3.8, 4) is 0 Å². The molecule has 0 atom stereocenters. The lowest BCUT2D eigenvalue weighted by Crippen LogP contribution is -2.02. The molecule has 1 aromatic carbocycles. The Bertz CT molecular complexity index is 781. The second-order valence-corrected chi connectivity index (χ2v) is 5.77. The molecule has 19 heavy (non-hydrogen) atoms. The van der Waals surface area contributed by atoms with Crippen LogP contribution in [0.3, 0.4) is 0 Å². The maximum absolute atomic E-state index is 11.3. The second-order valence-electron chi connectivity index (χ2n) is 4.07. The van der Waals surface area contributed by atoms with Crippen LogP contribution >= 0.6 is 22.9 Å². The quantitative estimate of drug-likeness (QED) is 0.779. The Hall–Kier alpha value is -1.85. The smallest absolute Gasteiger partial charge is 0.248 e. The molecule has 0 bridgehead atoms. The van der Waals surface area contributed by atoms with Crippen molar-refractivity contribution in [2.45, 2.75) is 6.54 Å². The van der Waals surface area contributed by atoms with Gasteiger partial charge >= 0.3 is 0 Å². The van der Waals surface area contributed by atoms with E-state index in [1.165, 1.54) is 11.3 Å². The predicted octanol–water partition coefficient (Wildman–Crippen LogP) is 3.25. The van der Waals surface area contributed by atoms with Crippen LogP contribution in [0.15, 0.2) is 41.5 Å². The summed E-state index contributed by atoms with van der Waals surface area (Å²) in [6, 6.07) is 7.48. The molecule has 0 fully saturated rings. The van der Waals surface area contributed by atoms with Crippen molar-refractivity contribution in [3.05, 3.63) is 56.4 Å². The van der Waals surface area contributed by atoms with E-state index in [9.17, 15) is 4.79 Å². The molecule has 0 amide bonds. The van der Waals surface area contributed by atoms with Crippen molar-refractivity contribution in [1.29, 1.82) is 0 Å². The van der Waals surface area contributed by atoms with Crippen LogP contribution in [0.5, 0.6) is 0 Å². The van der Waals surface area contributed by atoms with E-state index in [0.717, 1.165) is 21.3 Å². The van der Waals surface area contributed by atoms with Gasteiger partial charge in [0, 0.05) is 29.0 Å². The number of pyridine rings is 1. The molecule has 2 aromatic heterocycles. The fourth-order valence-electron chi connectivity index (χ4n) is 1.83. The van der Waals surface area contributed by atoms with Gasteiger partial charge in [0.25, 0.3) is 0 Å². The zero-order valence-corrected chi connectivity index (χ0v) is 11.4. The summed E-state index contributed by atoms with van der Waals surface area (Å²) < 4.78 is 0.543. The Morgan fingerprint density at radius 2 is 2.21 bits per heavy atom. The number of fused-ring (bicyclic) bond motifs is 1. The van der Waals surface area contributed by atoms with Crippen molar-refractivity contribution < 1.29 is 0 Å². The largest absolute Gasteiger partial charge is 0.380 e. The van der Waals surface area contributed by atoms with Gasteiger partial charge in [-0.2, -0.15) is 0 Å². The minimum atomic E-state index is -0.0983. The first-order valence-electron chi connectivity index (χ1n) is 5.67. The highest BCUT2D eigenvalue weighted by Crippen LogP contribution is 2.21. The Balaban J connectivity index is 1.83. The van der Waals surface area contributed by atoms with Gasteiger partial charge in [0.2, 0.25) is 5.56 Å². The van der Waals surface area contributed by atoms with Crippen molar-refractivity contribution in [2.24, 2.45) is 0 Å². The van der Waals surface area contributed by atoms with Gasteiger partial charge in [0.1, 0.15) is 0 Å². The molecule has 4 nitrogen and oxygen atoms in total. The molecule has 0 unspecified atom stereocenters. The molecule has 3 rings (SSSR count). The van der Waals surface area contributed by atoms with Crippen molar-refractivity contribution in [3.63, 3.8) is 0 Å². The van der Waals surface area contributed by atoms with E-state index in [4.69, 9.17) is 11.6 Å². The highest BCUT2D eigenvalue weighted by Gasteiger charge is 2.01. The molecule has 2 heterocycles. The van der Waals surface area contributed by atoms with Gasteiger partial charge in [-0.3, -0.25) is 4.79 Å². The van der Waals surface area contributed by atoms with E-state index >= 15 is 0 Å². The molecular formula is C13H10ClN3OS. The number of nitrogens with zero attached hydrogens (tertiary/aromatic N) is 1. The van der Waals surface area contributed by atoms with Gasteiger partial charge in [0.15, 0.2) is 4.47 Å². The van der Waals surface area contributed by atoms with E-state index in [0.29, 0.717) is 11.0 Å². The van der Waals surface area contributed by atoms with E-state index in [2.05, 4.69) is 15.3 Å². The number of nitrogens with one attached hydrogen (secondary N) is 2. The lowest BCUT2D eigenvalue weighted by molar-refractivity contribution is 1.18. The Kier molecular flexibility index (Phi) is 3.23. The average molecular weight is 292 g/mol. The first kappa shape index (κ1) is 12.2. The molecule has 96 valence electrons. The molecule has 0 spiro atoms. The maximum atomic E-state index is 11.3. The molecule has 0 aliphatic rings. The number of aromatic nitrogens is 2. The number of halogens is 1. The van der Waals surface area contributed by atoms with Crippen LogP contribution in [-0.2, 0) is 6.54 Å². The van der Waals surface area contributed by atoms with Gasteiger partial charge in [-0.1, -0.05) is 17.7 Å². The number of hydrogen-bond acceptors (Lipinski definition) is 4. The minimum Gasteiger partial charge on any atom is -0.380 e. The zero-order chi connectivity index (χ0) is 13.2. The molecule has 3 aromatic rings. The third-order valence-corrected chi connectivity index (χ3v) is 3.85. The second kappa shape index (κ2) is 5.03. The molecule has 0 saturated carbocycles. The van der Waals surface area contributed by atoms with Gasteiger partial charge in [0.05, 0.1) is 6.54 Å². The summed E-state index contributed by atoms with van der Waals surface area (Å²) in [5, 5.41) is 5.20. The fraction of sp³-hybridized carbons (Fsp3) is 0.0769. The lowest BCUT2D eigenvalue weighted by Gasteiger charge is -2.05. The van der Waals surface area contributed by atoms with E-state index in [-0.39, 0.29) is 5.56 Å². The first-order chi connectivity index (χ1) is 9.20. The van der Waals surface area contributed by atoms with E-state index < -0.39 is 0 Å². The van der Waals surface area contributed by atoms with Crippen LogP contribution in [0.1, 0.15) is 4.88 Å². The summed E-state index contributed by atoms with van der Waals surface area (Å²) in [4.78, 5) is 19.0. The number of H-pyrrole nitrogens is 1. The topological polar surface area (TPSA) is 57.8 Å². The van der Waals surface area contributed by atoms with Gasteiger partial charge in [-0.25, -0.2) is 4.98 Å². The Morgan fingerprint density at radius 1 is 1.32 bits per heavy atom. The Morgan fingerprint density at radius 3 is 3.00 bits per heavy atom. The SMILES string of the molecule is O=c1cc2cc(NCc3cnc(Cl)s3)ccc2c[nH]1. The van der Waals surface area contributed by atoms with Crippen molar-refractivity contribution in [2.75, 3.05) is 5.32 Å². The van der Waals surface area contributed by atoms with Crippen LogP contribution in [-0.4, -0.2) is 9.97 Å². The first-order valence-corrected chi connectivity index (χ1v) is 6.87. The summed E-state index contributed by atoms with van der Waals surface area (Å²) in [6.07, 6.45) is 3.47. The monoisotopic (exact) mass is 291 g/mol. The molecule has 6 heteroatoms. The molecule has 0 aliphatic carbocycles. The molecule has 0 saturated heterocycles. The van der Waals surface area contributed by atoms with Crippen LogP contribution in [0.4, 0.5) is 5.69 Å². The third kappa shape index (κ3) is 2.77. The van der Waals surface area contributed by atoms with Crippen LogP contribution in [0.2, 0.25) is 4.47 Å². The van der Waals surface area contributed by atoms with Crippen LogP contribution in [0.25, 0.3) is 10.8 Å².